The van der Waals surface area contributed by atoms with Gasteiger partial charge in [0.25, 0.3) is 11.6 Å². The third-order valence-corrected chi connectivity index (χ3v) is 3.24. The fourth-order valence-corrected chi connectivity index (χ4v) is 2.06. The lowest BCUT2D eigenvalue weighted by atomic mass is 10.2. The molecule has 0 aliphatic carbocycles. The first-order valence-corrected chi connectivity index (χ1v) is 7.27. The molecule has 0 unspecified atom stereocenters. The minimum absolute atomic E-state index is 0.0135. The molecular formula is C16H13N5O4. The van der Waals surface area contributed by atoms with Crippen LogP contribution in [0.25, 0.3) is 11.4 Å². The van der Waals surface area contributed by atoms with Crippen molar-refractivity contribution in [3.63, 3.8) is 0 Å². The van der Waals surface area contributed by atoms with Gasteiger partial charge in [-0.25, -0.2) is 4.79 Å². The molecule has 0 saturated carbocycles. The summed E-state index contributed by atoms with van der Waals surface area (Å²) in [7, 11) is 0. The van der Waals surface area contributed by atoms with E-state index >= 15 is 0 Å². The lowest BCUT2D eigenvalue weighted by Crippen LogP contribution is -2.14. The fraction of sp³-hybridized carbons (Fsp3) is 0.0625. The molecule has 1 heterocycles. The summed E-state index contributed by atoms with van der Waals surface area (Å²) < 4.78 is 5.06. The van der Waals surface area contributed by atoms with Gasteiger partial charge in [0.05, 0.1) is 4.92 Å². The smallest absolute Gasteiger partial charge is 0.414 e. The maximum Gasteiger partial charge on any atom is 0.414 e. The van der Waals surface area contributed by atoms with Gasteiger partial charge in [0.2, 0.25) is 0 Å². The highest BCUT2D eigenvalue weighted by Gasteiger charge is 2.12. The quantitative estimate of drug-likeness (QED) is 0.544. The molecule has 0 radical (unpaired) electrons. The molecule has 3 rings (SSSR count). The van der Waals surface area contributed by atoms with Gasteiger partial charge in [0.15, 0.2) is 5.82 Å². The molecule has 0 fully saturated rings. The van der Waals surface area contributed by atoms with E-state index < -0.39 is 11.0 Å². The Bertz CT molecular complexity index is 894. The van der Waals surface area contributed by atoms with Gasteiger partial charge in [-0.1, -0.05) is 42.5 Å². The number of nitrogens with zero attached hydrogens (tertiary/aromatic N) is 3. The van der Waals surface area contributed by atoms with E-state index in [0.717, 1.165) is 5.56 Å². The van der Waals surface area contributed by atoms with E-state index in [1.807, 2.05) is 30.3 Å². The lowest BCUT2D eigenvalue weighted by molar-refractivity contribution is -0.384. The number of carbonyl (C=O) groups excluding carboxylic acids is 1. The van der Waals surface area contributed by atoms with Crippen LogP contribution in [0.5, 0.6) is 0 Å². The second kappa shape index (κ2) is 7.21. The number of carbonyl (C=O) groups is 1. The Morgan fingerprint density at radius 3 is 2.76 bits per heavy atom. The minimum atomic E-state index is -0.701. The highest BCUT2D eigenvalue weighted by atomic mass is 16.6. The number of nitro groups is 1. The van der Waals surface area contributed by atoms with E-state index in [-0.39, 0.29) is 18.2 Å². The molecule has 126 valence electrons. The second-order valence-corrected chi connectivity index (χ2v) is 5.00. The van der Waals surface area contributed by atoms with Crippen molar-refractivity contribution in [2.45, 2.75) is 6.61 Å². The molecule has 0 atom stereocenters. The first-order chi connectivity index (χ1) is 12.1. The van der Waals surface area contributed by atoms with Gasteiger partial charge in [-0.2, -0.15) is 4.98 Å². The van der Waals surface area contributed by atoms with E-state index in [2.05, 4.69) is 20.5 Å². The number of benzene rings is 2. The Balaban J connectivity index is 1.62. The monoisotopic (exact) mass is 339 g/mol. The highest BCUT2D eigenvalue weighted by Crippen LogP contribution is 2.21. The second-order valence-electron chi connectivity index (χ2n) is 5.00. The van der Waals surface area contributed by atoms with Crippen molar-refractivity contribution >= 4 is 17.7 Å². The van der Waals surface area contributed by atoms with Crippen LogP contribution in [0.3, 0.4) is 0 Å². The molecule has 0 spiro atoms. The SMILES string of the molecule is O=C(Nc1n[nH]c(-c2cccc([N+](=O)[O-])c2)n1)OCc1ccccc1. The van der Waals surface area contributed by atoms with Crippen LogP contribution in [0.15, 0.2) is 54.6 Å². The number of aromatic amines is 1. The van der Waals surface area contributed by atoms with Crippen molar-refractivity contribution in [3.8, 4) is 11.4 Å². The van der Waals surface area contributed by atoms with Gasteiger partial charge >= 0.3 is 6.09 Å². The van der Waals surface area contributed by atoms with Crippen LogP contribution in [0.2, 0.25) is 0 Å². The Morgan fingerprint density at radius 2 is 2.00 bits per heavy atom. The summed E-state index contributed by atoms with van der Waals surface area (Å²) in [4.78, 5) is 26.1. The number of aromatic nitrogens is 3. The molecule has 9 nitrogen and oxygen atoms in total. The van der Waals surface area contributed by atoms with Gasteiger partial charge in [-0.15, -0.1) is 5.10 Å². The minimum Gasteiger partial charge on any atom is -0.444 e. The summed E-state index contributed by atoms with van der Waals surface area (Å²) in [6.07, 6.45) is -0.701. The predicted octanol–water partition coefficient (Wildman–Crippen LogP) is 3.13. The zero-order chi connectivity index (χ0) is 17.6. The lowest BCUT2D eigenvalue weighted by Gasteiger charge is -2.04. The number of amides is 1. The van der Waals surface area contributed by atoms with Crippen molar-refractivity contribution in [2.24, 2.45) is 0 Å². The van der Waals surface area contributed by atoms with Crippen LogP contribution in [-0.2, 0) is 11.3 Å². The maximum atomic E-state index is 11.8. The molecule has 1 aromatic heterocycles. The summed E-state index contributed by atoms with van der Waals surface area (Å²) in [6, 6.07) is 15.1. The molecule has 0 aliphatic heterocycles. The van der Waals surface area contributed by atoms with Gasteiger partial charge < -0.3 is 4.74 Å². The predicted molar refractivity (Wildman–Crippen MR) is 88.7 cm³/mol. The molecule has 0 aliphatic rings. The summed E-state index contributed by atoms with van der Waals surface area (Å²) in [6.45, 7) is 0.120. The Labute approximate surface area is 141 Å². The van der Waals surface area contributed by atoms with Crippen molar-refractivity contribution in [2.75, 3.05) is 5.32 Å². The molecule has 9 heteroatoms. The highest BCUT2D eigenvalue weighted by molar-refractivity contribution is 5.82. The van der Waals surface area contributed by atoms with Gasteiger partial charge in [0.1, 0.15) is 6.61 Å². The molecule has 1 amide bonds. The number of rotatable bonds is 5. The Hall–Kier alpha value is -3.75. The van der Waals surface area contributed by atoms with Crippen molar-refractivity contribution in [1.82, 2.24) is 15.2 Å². The molecule has 3 aromatic rings. The number of ether oxygens (including phenoxy) is 1. The fourth-order valence-electron chi connectivity index (χ4n) is 2.06. The van der Waals surface area contributed by atoms with Gasteiger partial charge in [-0.3, -0.25) is 20.5 Å². The first kappa shape index (κ1) is 16.1. The van der Waals surface area contributed by atoms with E-state index in [1.54, 1.807) is 6.07 Å². The summed E-state index contributed by atoms with van der Waals surface area (Å²) in [5, 5.41) is 19.7. The topological polar surface area (TPSA) is 123 Å². The van der Waals surface area contributed by atoms with Crippen LogP contribution in [0.4, 0.5) is 16.4 Å². The number of hydrogen-bond acceptors (Lipinski definition) is 6. The number of H-pyrrole nitrogens is 1. The van der Waals surface area contributed by atoms with E-state index in [0.29, 0.717) is 11.4 Å². The van der Waals surface area contributed by atoms with Gasteiger partial charge in [0, 0.05) is 17.7 Å². The molecule has 0 bridgehead atoms. The van der Waals surface area contributed by atoms with Crippen LogP contribution >= 0.6 is 0 Å². The summed E-state index contributed by atoms with van der Waals surface area (Å²) >= 11 is 0. The van der Waals surface area contributed by atoms with Gasteiger partial charge in [-0.05, 0) is 5.56 Å². The summed E-state index contributed by atoms with van der Waals surface area (Å²) in [5.74, 6) is 0.307. The van der Waals surface area contributed by atoms with E-state index in [9.17, 15) is 14.9 Å². The number of anilines is 1. The van der Waals surface area contributed by atoms with Crippen molar-refractivity contribution in [3.05, 3.63) is 70.3 Å². The maximum absolute atomic E-state index is 11.8. The third kappa shape index (κ3) is 4.16. The van der Waals surface area contributed by atoms with Crippen molar-refractivity contribution < 1.29 is 14.5 Å². The number of hydrogen-bond donors (Lipinski definition) is 2. The van der Waals surface area contributed by atoms with Crippen LogP contribution in [-0.4, -0.2) is 26.2 Å². The van der Waals surface area contributed by atoms with Crippen LogP contribution in [0.1, 0.15) is 5.56 Å². The van der Waals surface area contributed by atoms with Crippen molar-refractivity contribution in [1.29, 1.82) is 0 Å². The van der Waals surface area contributed by atoms with E-state index in [4.69, 9.17) is 4.74 Å². The molecule has 2 N–H and O–H groups in total. The van der Waals surface area contributed by atoms with Crippen LogP contribution in [0, 0.1) is 10.1 Å². The zero-order valence-corrected chi connectivity index (χ0v) is 12.9. The number of nitro benzene ring substituents is 1. The molecular weight excluding hydrogens is 326 g/mol. The zero-order valence-electron chi connectivity index (χ0n) is 12.9. The number of non-ortho nitro benzene ring substituents is 1. The Kier molecular flexibility index (Phi) is 4.65. The molecule has 0 saturated heterocycles. The Morgan fingerprint density at radius 1 is 1.20 bits per heavy atom. The van der Waals surface area contributed by atoms with Crippen LogP contribution < -0.4 is 5.32 Å². The standard InChI is InChI=1S/C16H13N5O4/c22-16(25-10-11-5-2-1-3-6-11)18-15-17-14(19-20-15)12-7-4-8-13(9-12)21(23)24/h1-9H,10H2,(H2,17,18,19,20,22). The largest absolute Gasteiger partial charge is 0.444 e. The molecule has 2 aromatic carbocycles. The normalized spacial score (nSPS) is 10.2. The van der Waals surface area contributed by atoms with E-state index in [1.165, 1.54) is 18.2 Å². The third-order valence-electron chi connectivity index (χ3n) is 3.24. The summed E-state index contributed by atoms with van der Waals surface area (Å²) in [5.41, 5.74) is 1.27. The molecule has 25 heavy (non-hydrogen) atoms. The average molecular weight is 339 g/mol. The average Bonchev–Trinajstić information content (AvgIpc) is 3.09. The number of nitrogens with one attached hydrogen (secondary N) is 2. The first-order valence-electron chi connectivity index (χ1n) is 7.27.